The summed E-state index contributed by atoms with van der Waals surface area (Å²) in [6.45, 7) is 5.09. The van der Waals surface area contributed by atoms with Gasteiger partial charge in [0.05, 0.1) is 0 Å². The predicted molar refractivity (Wildman–Crippen MR) is 69.4 cm³/mol. The van der Waals surface area contributed by atoms with E-state index in [2.05, 4.69) is 5.32 Å². The molecule has 1 fully saturated rings. The summed E-state index contributed by atoms with van der Waals surface area (Å²) >= 11 is 0. The van der Waals surface area contributed by atoms with E-state index in [1.54, 1.807) is 0 Å². The molecule has 2 N–H and O–H groups in total. The number of amides is 2. The molecule has 2 amide bonds. The van der Waals surface area contributed by atoms with Crippen molar-refractivity contribution in [3.8, 4) is 0 Å². The molecule has 1 unspecified atom stereocenters. The van der Waals surface area contributed by atoms with E-state index in [-0.39, 0.29) is 12.1 Å². The average Bonchev–Trinajstić information content (AvgIpc) is 3.10. The van der Waals surface area contributed by atoms with Gasteiger partial charge in [-0.15, -0.1) is 0 Å². The van der Waals surface area contributed by atoms with Crippen molar-refractivity contribution in [3.63, 3.8) is 0 Å². The molecule has 0 spiro atoms. The van der Waals surface area contributed by atoms with Crippen LogP contribution in [0.3, 0.4) is 0 Å². The van der Waals surface area contributed by atoms with Crippen molar-refractivity contribution >= 4 is 12.0 Å². The van der Waals surface area contributed by atoms with Crippen LogP contribution in [0, 0.1) is 5.92 Å². The molecule has 104 valence electrons. The van der Waals surface area contributed by atoms with E-state index >= 15 is 0 Å². The number of carbonyl (C=O) groups is 2. The second kappa shape index (κ2) is 5.59. The highest BCUT2D eigenvalue weighted by molar-refractivity contribution is 5.85. The number of urea groups is 1. The molecule has 0 aromatic rings. The van der Waals surface area contributed by atoms with Gasteiger partial charge in [-0.25, -0.2) is 9.59 Å². The number of rotatable bonds is 6. The Labute approximate surface area is 109 Å². The Hall–Kier alpha value is -1.26. The predicted octanol–water partition coefficient (Wildman–Crippen LogP) is 2.07. The summed E-state index contributed by atoms with van der Waals surface area (Å²) in [6.07, 6.45) is 4.39. The number of likely N-dealkylation sites (N-methyl/N-ethyl adjacent to an activating group) is 1. The summed E-state index contributed by atoms with van der Waals surface area (Å²) in [5.41, 5.74) is -1.19. The fourth-order valence-electron chi connectivity index (χ4n) is 1.75. The van der Waals surface area contributed by atoms with Crippen molar-refractivity contribution in [2.45, 2.75) is 58.0 Å². The maximum atomic E-state index is 12.0. The van der Waals surface area contributed by atoms with Crippen LogP contribution >= 0.6 is 0 Å². The van der Waals surface area contributed by atoms with Gasteiger partial charge in [0, 0.05) is 13.1 Å². The minimum Gasteiger partial charge on any atom is -0.480 e. The summed E-state index contributed by atoms with van der Waals surface area (Å²) in [5.74, 6) is -0.261. The largest absolute Gasteiger partial charge is 0.480 e. The lowest BCUT2D eigenvalue weighted by atomic mass is 10.0. The molecule has 1 aliphatic rings. The molecule has 0 aromatic carbocycles. The lowest BCUT2D eigenvalue weighted by Crippen LogP contribution is -2.55. The first kappa shape index (κ1) is 14.8. The van der Waals surface area contributed by atoms with Crippen molar-refractivity contribution in [1.29, 1.82) is 0 Å². The summed E-state index contributed by atoms with van der Waals surface area (Å²) < 4.78 is 0. The van der Waals surface area contributed by atoms with E-state index in [0.717, 1.165) is 18.8 Å². The zero-order chi connectivity index (χ0) is 13.9. The van der Waals surface area contributed by atoms with E-state index < -0.39 is 11.5 Å². The third kappa shape index (κ3) is 3.62. The van der Waals surface area contributed by atoms with Gasteiger partial charge in [-0.05, 0) is 32.6 Å². The van der Waals surface area contributed by atoms with Gasteiger partial charge in [0.2, 0.25) is 0 Å². The van der Waals surface area contributed by atoms with Crippen molar-refractivity contribution in [3.05, 3.63) is 0 Å². The Morgan fingerprint density at radius 3 is 2.39 bits per heavy atom. The second-order valence-corrected chi connectivity index (χ2v) is 5.66. The third-order valence-electron chi connectivity index (χ3n) is 3.80. The summed E-state index contributed by atoms with van der Waals surface area (Å²) in [4.78, 5) is 24.4. The van der Waals surface area contributed by atoms with Gasteiger partial charge in [-0.1, -0.05) is 19.8 Å². The minimum absolute atomic E-state index is 0.150. The highest BCUT2D eigenvalue weighted by Gasteiger charge is 2.36. The first-order valence-corrected chi connectivity index (χ1v) is 6.56. The van der Waals surface area contributed by atoms with Gasteiger partial charge < -0.3 is 15.3 Å². The zero-order valence-electron chi connectivity index (χ0n) is 11.7. The maximum absolute atomic E-state index is 12.0. The Morgan fingerprint density at radius 2 is 2.00 bits per heavy atom. The van der Waals surface area contributed by atoms with Crippen LogP contribution in [0.4, 0.5) is 4.79 Å². The third-order valence-corrected chi connectivity index (χ3v) is 3.80. The number of hydrogen-bond donors (Lipinski definition) is 2. The summed E-state index contributed by atoms with van der Waals surface area (Å²) in [7, 11) is 1.52. The van der Waals surface area contributed by atoms with Crippen LogP contribution in [0.15, 0.2) is 0 Å². The lowest BCUT2D eigenvalue weighted by Gasteiger charge is -2.33. The fourth-order valence-corrected chi connectivity index (χ4v) is 1.75. The molecule has 5 heteroatoms. The molecule has 0 heterocycles. The molecule has 1 aliphatic carbocycles. The quantitative estimate of drug-likeness (QED) is 0.764. The standard InChI is InChI=1S/C13H24N2O3/c1-5-10(8-9-6-7-9)14-12(18)15(4)13(2,3)11(16)17/h9-10H,5-8H2,1-4H3,(H,14,18)(H,16,17). The van der Waals surface area contributed by atoms with E-state index in [1.165, 1.54) is 38.6 Å². The van der Waals surface area contributed by atoms with Crippen molar-refractivity contribution in [2.75, 3.05) is 7.05 Å². The average molecular weight is 256 g/mol. The monoisotopic (exact) mass is 256 g/mol. The Morgan fingerprint density at radius 1 is 1.44 bits per heavy atom. The molecule has 1 atom stereocenters. The molecular weight excluding hydrogens is 232 g/mol. The van der Waals surface area contributed by atoms with Crippen LogP contribution < -0.4 is 5.32 Å². The first-order valence-electron chi connectivity index (χ1n) is 6.56. The van der Waals surface area contributed by atoms with E-state index in [1.807, 2.05) is 6.92 Å². The van der Waals surface area contributed by atoms with Crippen LogP contribution in [0.2, 0.25) is 0 Å². The van der Waals surface area contributed by atoms with Gasteiger partial charge in [-0.3, -0.25) is 0 Å². The fraction of sp³-hybridized carbons (Fsp3) is 0.846. The summed E-state index contributed by atoms with van der Waals surface area (Å²) in [5, 5.41) is 12.0. The van der Waals surface area contributed by atoms with Crippen molar-refractivity contribution < 1.29 is 14.7 Å². The van der Waals surface area contributed by atoms with Gasteiger partial charge in [-0.2, -0.15) is 0 Å². The lowest BCUT2D eigenvalue weighted by molar-refractivity contribution is -0.146. The molecule has 0 radical (unpaired) electrons. The molecule has 0 bridgehead atoms. The number of carboxylic acids is 1. The van der Waals surface area contributed by atoms with Crippen LogP contribution in [-0.4, -0.2) is 40.6 Å². The van der Waals surface area contributed by atoms with E-state index in [0.29, 0.717) is 0 Å². The Balaban J connectivity index is 2.54. The summed E-state index contributed by atoms with van der Waals surface area (Å²) in [6, 6.07) is -0.160. The number of hydrogen-bond acceptors (Lipinski definition) is 2. The number of carbonyl (C=O) groups excluding carboxylic acids is 1. The first-order chi connectivity index (χ1) is 8.28. The number of nitrogens with zero attached hydrogens (tertiary/aromatic N) is 1. The second-order valence-electron chi connectivity index (χ2n) is 5.66. The molecule has 1 saturated carbocycles. The maximum Gasteiger partial charge on any atom is 0.329 e. The van der Waals surface area contributed by atoms with Gasteiger partial charge in [0.15, 0.2) is 0 Å². The minimum atomic E-state index is -1.19. The molecule has 0 saturated heterocycles. The van der Waals surface area contributed by atoms with Crippen LogP contribution in [0.5, 0.6) is 0 Å². The van der Waals surface area contributed by atoms with Crippen molar-refractivity contribution in [2.24, 2.45) is 5.92 Å². The van der Waals surface area contributed by atoms with Crippen LogP contribution in [0.1, 0.15) is 46.5 Å². The van der Waals surface area contributed by atoms with Gasteiger partial charge in [0.25, 0.3) is 0 Å². The Kier molecular flexibility index (Phi) is 4.59. The number of aliphatic carboxylic acids is 1. The number of nitrogens with one attached hydrogen (secondary N) is 1. The van der Waals surface area contributed by atoms with Crippen LogP contribution in [-0.2, 0) is 4.79 Å². The highest BCUT2D eigenvalue weighted by atomic mass is 16.4. The zero-order valence-corrected chi connectivity index (χ0v) is 11.7. The van der Waals surface area contributed by atoms with Crippen molar-refractivity contribution in [1.82, 2.24) is 10.2 Å². The topological polar surface area (TPSA) is 69.6 Å². The Bertz CT molecular complexity index is 324. The molecule has 0 aromatic heterocycles. The highest BCUT2D eigenvalue weighted by Crippen LogP contribution is 2.34. The van der Waals surface area contributed by atoms with Gasteiger partial charge >= 0.3 is 12.0 Å². The van der Waals surface area contributed by atoms with Crippen LogP contribution in [0.25, 0.3) is 0 Å². The number of carboxylic acid groups (broad SMARTS) is 1. The normalized spacial score (nSPS) is 17.1. The molecule has 1 rings (SSSR count). The molecular formula is C13H24N2O3. The van der Waals surface area contributed by atoms with Gasteiger partial charge in [0.1, 0.15) is 5.54 Å². The molecule has 0 aliphatic heterocycles. The molecule has 18 heavy (non-hydrogen) atoms. The van der Waals surface area contributed by atoms with E-state index in [4.69, 9.17) is 5.11 Å². The molecule has 5 nitrogen and oxygen atoms in total. The SMILES string of the molecule is CCC(CC1CC1)NC(=O)N(C)C(C)(C)C(=O)O. The smallest absolute Gasteiger partial charge is 0.329 e. The van der Waals surface area contributed by atoms with E-state index in [9.17, 15) is 9.59 Å².